The monoisotopic (exact) mass is 305 g/mol. The van der Waals surface area contributed by atoms with Crippen molar-refractivity contribution in [1.29, 1.82) is 0 Å². The summed E-state index contributed by atoms with van der Waals surface area (Å²) in [5.41, 5.74) is -0.235. The second kappa shape index (κ2) is 6.83. The van der Waals surface area contributed by atoms with E-state index in [0.29, 0.717) is 18.9 Å². The molecule has 1 aromatic rings. The number of amides is 1. The van der Waals surface area contributed by atoms with Crippen LogP contribution < -0.4 is 10.6 Å². The summed E-state index contributed by atoms with van der Waals surface area (Å²) in [6.45, 7) is 5.19. The summed E-state index contributed by atoms with van der Waals surface area (Å²) in [6, 6.07) is 1.18. The zero-order valence-electron chi connectivity index (χ0n) is 11.6. The smallest absolute Gasteiger partial charge is 0.272 e. The van der Waals surface area contributed by atoms with Crippen LogP contribution in [0.5, 0.6) is 0 Å². The van der Waals surface area contributed by atoms with E-state index in [0.717, 1.165) is 13.1 Å². The van der Waals surface area contributed by atoms with Gasteiger partial charge in [-0.2, -0.15) is 0 Å². The summed E-state index contributed by atoms with van der Waals surface area (Å²) < 4.78 is 26.1. The van der Waals surface area contributed by atoms with Gasteiger partial charge in [-0.15, -0.1) is 0 Å². The molecular formula is C13H18ClF2N3O. The Morgan fingerprint density at radius 1 is 1.45 bits per heavy atom. The lowest BCUT2D eigenvalue weighted by Crippen LogP contribution is -2.32. The number of nitrogens with zero attached hydrogens (tertiary/aromatic N) is 1. The molecule has 112 valence electrons. The van der Waals surface area contributed by atoms with E-state index in [2.05, 4.69) is 15.6 Å². The summed E-state index contributed by atoms with van der Waals surface area (Å²) >= 11 is 5.88. The van der Waals surface area contributed by atoms with Crippen molar-refractivity contribution < 1.29 is 13.6 Å². The molecule has 0 aliphatic heterocycles. The first-order valence-electron chi connectivity index (χ1n) is 6.27. The largest absolute Gasteiger partial charge is 0.367 e. The topological polar surface area (TPSA) is 54.0 Å². The van der Waals surface area contributed by atoms with Crippen LogP contribution in [0.2, 0.25) is 5.02 Å². The Morgan fingerprint density at radius 2 is 2.10 bits per heavy atom. The van der Waals surface area contributed by atoms with Crippen molar-refractivity contribution in [2.24, 2.45) is 5.92 Å². The molecule has 0 aliphatic rings. The fourth-order valence-electron chi connectivity index (χ4n) is 1.38. The predicted molar refractivity (Wildman–Crippen MR) is 75.2 cm³/mol. The number of pyridine rings is 1. The molecule has 0 bridgehead atoms. The van der Waals surface area contributed by atoms with Crippen LogP contribution in [-0.4, -0.2) is 24.0 Å². The molecule has 20 heavy (non-hydrogen) atoms. The molecule has 0 aliphatic carbocycles. The van der Waals surface area contributed by atoms with Crippen LogP contribution in [0.25, 0.3) is 0 Å². The van der Waals surface area contributed by atoms with E-state index in [1.807, 2.05) is 0 Å². The van der Waals surface area contributed by atoms with Crippen molar-refractivity contribution >= 4 is 23.3 Å². The lowest BCUT2D eigenvalue weighted by molar-refractivity contribution is -0.123. The van der Waals surface area contributed by atoms with E-state index in [-0.39, 0.29) is 22.4 Å². The molecule has 0 saturated carbocycles. The van der Waals surface area contributed by atoms with Gasteiger partial charge in [0.15, 0.2) is 0 Å². The number of carbonyl (C=O) groups excluding carboxylic acids is 1. The lowest BCUT2D eigenvalue weighted by atomic mass is 10.2. The standard InChI is InChI=1S/C13H18ClF2N3O/c1-8(2)12(20)18-5-4-17-11-10(14)6-9(7-19-11)13(3,15)16/h6-8H,4-5H2,1-3H3,(H,17,19)(H,18,20). The fourth-order valence-corrected chi connectivity index (χ4v) is 1.61. The van der Waals surface area contributed by atoms with Crippen LogP contribution >= 0.6 is 11.6 Å². The van der Waals surface area contributed by atoms with E-state index in [1.165, 1.54) is 6.07 Å². The molecule has 0 fully saturated rings. The fraction of sp³-hybridized carbons (Fsp3) is 0.538. The maximum Gasteiger partial charge on any atom is 0.272 e. The number of rotatable bonds is 6. The molecule has 1 heterocycles. The van der Waals surface area contributed by atoms with Crippen molar-refractivity contribution in [1.82, 2.24) is 10.3 Å². The Morgan fingerprint density at radius 3 is 2.60 bits per heavy atom. The molecule has 0 atom stereocenters. The van der Waals surface area contributed by atoms with Gasteiger partial charge in [-0.05, 0) is 6.07 Å². The first kappa shape index (κ1) is 16.6. The number of hydrogen-bond acceptors (Lipinski definition) is 3. The Bertz CT molecular complexity index is 475. The van der Waals surface area contributed by atoms with Gasteiger partial charge in [-0.3, -0.25) is 4.79 Å². The Labute approximate surface area is 121 Å². The number of aromatic nitrogens is 1. The van der Waals surface area contributed by atoms with E-state index in [4.69, 9.17) is 11.6 Å². The molecular weight excluding hydrogens is 288 g/mol. The van der Waals surface area contributed by atoms with Crippen molar-refractivity contribution in [2.75, 3.05) is 18.4 Å². The average Bonchev–Trinajstić information content (AvgIpc) is 2.34. The third kappa shape index (κ3) is 4.92. The van der Waals surface area contributed by atoms with Crippen molar-refractivity contribution in [3.05, 3.63) is 22.8 Å². The van der Waals surface area contributed by atoms with Crippen LogP contribution in [0, 0.1) is 5.92 Å². The number of nitrogens with one attached hydrogen (secondary N) is 2. The molecule has 4 nitrogen and oxygen atoms in total. The second-order valence-corrected chi connectivity index (χ2v) is 5.22. The van der Waals surface area contributed by atoms with Gasteiger partial charge in [0.05, 0.1) is 5.02 Å². The molecule has 0 spiro atoms. The highest BCUT2D eigenvalue weighted by Gasteiger charge is 2.25. The maximum atomic E-state index is 13.1. The Hall–Kier alpha value is -1.43. The molecule has 2 N–H and O–H groups in total. The highest BCUT2D eigenvalue weighted by molar-refractivity contribution is 6.32. The van der Waals surface area contributed by atoms with Gasteiger partial charge in [-0.1, -0.05) is 25.4 Å². The quantitative estimate of drug-likeness (QED) is 0.794. The molecule has 0 saturated heterocycles. The zero-order chi connectivity index (χ0) is 15.3. The van der Waals surface area contributed by atoms with Crippen molar-refractivity contribution in [3.8, 4) is 0 Å². The van der Waals surface area contributed by atoms with Crippen LogP contribution in [-0.2, 0) is 10.7 Å². The molecule has 0 aromatic carbocycles. The summed E-state index contributed by atoms with van der Waals surface area (Å²) in [7, 11) is 0. The number of alkyl halides is 2. The number of carbonyl (C=O) groups is 1. The van der Waals surface area contributed by atoms with Gasteiger partial charge in [0.2, 0.25) is 5.91 Å². The maximum absolute atomic E-state index is 13.1. The van der Waals surface area contributed by atoms with Gasteiger partial charge in [0.25, 0.3) is 5.92 Å². The molecule has 1 aromatic heterocycles. The highest BCUT2D eigenvalue weighted by Crippen LogP contribution is 2.30. The van der Waals surface area contributed by atoms with E-state index < -0.39 is 5.92 Å². The minimum atomic E-state index is -2.97. The number of halogens is 3. The SMILES string of the molecule is CC(C)C(=O)NCCNc1ncc(C(C)(F)F)cc1Cl. The van der Waals surface area contributed by atoms with Gasteiger partial charge in [0, 0.05) is 37.7 Å². The van der Waals surface area contributed by atoms with Crippen molar-refractivity contribution in [2.45, 2.75) is 26.7 Å². The minimum absolute atomic E-state index is 0.0492. The average molecular weight is 306 g/mol. The summed E-state index contributed by atoms with van der Waals surface area (Å²) in [4.78, 5) is 15.2. The predicted octanol–water partition coefficient (Wildman–Crippen LogP) is 3.03. The van der Waals surface area contributed by atoms with Crippen LogP contribution in [0.3, 0.4) is 0 Å². The Balaban J connectivity index is 2.51. The van der Waals surface area contributed by atoms with E-state index in [9.17, 15) is 13.6 Å². The number of hydrogen-bond donors (Lipinski definition) is 2. The third-order valence-electron chi connectivity index (χ3n) is 2.59. The molecule has 0 unspecified atom stereocenters. The van der Waals surface area contributed by atoms with Gasteiger partial charge in [0.1, 0.15) is 5.82 Å². The summed E-state index contributed by atoms with van der Waals surface area (Å²) in [5.74, 6) is -2.78. The molecule has 1 rings (SSSR count). The van der Waals surface area contributed by atoms with Gasteiger partial charge < -0.3 is 10.6 Å². The molecule has 0 radical (unpaired) electrons. The highest BCUT2D eigenvalue weighted by atomic mass is 35.5. The van der Waals surface area contributed by atoms with Gasteiger partial charge >= 0.3 is 0 Å². The number of anilines is 1. The van der Waals surface area contributed by atoms with E-state index in [1.54, 1.807) is 13.8 Å². The van der Waals surface area contributed by atoms with Crippen molar-refractivity contribution in [3.63, 3.8) is 0 Å². The zero-order valence-corrected chi connectivity index (χ0v) is 12.4. The van der Waals surface area contributed by atoms with Crippen LogP contribution in [0.15, 0.2) is 12.3 Å². The normalized spacial score (nSPS) is 11.6. The minimum Gasteiger partial charge on any atom is -0.367 e. The second-order valence-electron chi connectivity index (χ2n) is 4.82. The van der Waals surface area contributed by atoms with Crippen LogP contribution in [0.4, 0.5) is 14.6 Å². The summed E-state index contributed by atoms with van der Waals surface area (Å²) in [6.07, 6.45) is 1.08. The molecule has 1 amide bonds. The lowest BCUT2D eigenvalue weighted by Gasteiger charge is -2.13. The van der Waals surface area contributed by atoms with Gasteiger partial charge in [-0.25, -0.2) is 13.8 Å². The van der Waals surface area contributed by atoms with Crippen LogP contribution in [0.1, 0.15) is 26.3 Å². The van der Waals surface area contributed by atoms with E-state index >= 15 is 0 Å². The molecule has 7 heteroatoms. The summed E-state index contributed by atoms with van der Waals surface area (Å²) in [5, 5.41) is 5.72. The third-order valence-corrected chi connectivity index (χ3v) is 2.88. The first-order valence-corrected chi connectivity index (χ1v) is 6.65. The Kier molecular flexibility index (Phi) is 5.68. The first-order chi connectivity index (χ1) is 9.21.